The topological polar surface area (TPSA) is 62.4 Å². The quantitative estimate of drug-likeness (QED) is 0.709. The van der Waals surface area contributed by atoms with Crippen LogP contribution in [0.15, 0.2) is 0 Å². The van der Waals surface area contributed by atoms with Gasteiger partial charge in [-0.05, 0) is 53.6 Å². The number of carbonyl (C=O) groups is 1. The fraction of sp³-hybridized carbons (Fsp3) is 0.923. The molecule has 1 saturated heterocycles. The standard InChI is InChI=1S/C13H27N3O2/c1-10(16-12(17)18-13(2,3)4)9-15-11-5-7-14-8-6-11/h10-11,14-15H,5-9H2,1-4H3,(H,16,17). The zero-order chi connectivity index (χ0) is 13.6. The van der Waals surface area contributed by atoms with Crippen molar-refractivity contribution in [2.75, 3.05) is 19.6 Å². The van der Waals surface area contributed by atoms with Gasteiger partial charge in [0.15, 0.2) is 0 Å². The van der Waals surface area contributed by atoms with Crippen molar-refractivity contribution in [1.29, 1.82) is 0 Å². The highest BCUT2D eigenvalue weighted by Crippen LogP contribution is 2.07. The predicted molar refractivity (Wildman–Crippen MR) is 72.7 cm³/mol. The molecule has 0 aromatic rings. The molecule has 1 aliphatic rings. The summed E-state index contributed by atoms with van der Waals surface area (Å²) < 4.78 is 5.21. The lowest BCUT2D eigenvalue weighted by Crippen LogP contribution is -2.47. The Morgan fingerprint density at radius 1 is 1.39 bits per heavy atom. The van der Waals surface area contributed by atoms with Crippen LogP contribution >= 0.6 is 0 Å². The van der Waals surface area contributed by atoms with Crippen molar-refractivity contribution >= 4 is 6.09 Å². The normalized spacial score (nSPS) is 19.3. The van der Waals surface area contributed by atoms with Gasteiger partial charge in [0.25, 0.3) is 0 Å². The molecule has 5 nitrogen and oxygen atoms in total. The second-order valence-electron chi connectivity index (χ2n) is 5.98. The van der Waals surface area contributed by atoms with Gasteiger partial charge < -0.3 is 20.7 Å². The van der Waals surface area contributed by atoms with Crippen LogP contribution in [0.3, 0.4) is 0 Å². The smallest absolute Gasteiger partial charge is 0.407 e. The van der Waals surface area contributed by atoms with Crippen molar-refractivity contribution < 1.29 is 9.53 Å². The van der Waals surface area contributed by atoms with Crippen molar-refractivity contribution in [2.24, 2.45) is 0 Å². The summed E-state index contributed by atoms with van der Waals surface area (Å²) in [6.07, 6.45) is 1.96. The van der Waals surface area contributed by atoms with E-state index in [1.807, 2.05) is 27.7 Å². The summed E-state index contributed by atoms with van der Waals surface area (Å²) in [5.41, 5.74) is -0.438. The molecule has 1 fully saturated rings. The van der Waals surface area contributed by atoms with E-state index in [9.17, 15) is 4.79 Å². The number of alkyl carbamates (subject to hydrolysis) is 1. The average Bonchev–Trinajstić information content (AvgIpc) is 2.25. The summed E-state index contributed by atoms with van der Waals surface area (Å²) in [5, 5.41) is 9.65. The Hall–Kier alpha value is -0.810. The van der Waals surface area contributed by atoms with E-state index in [2.05, 4.69) is 16.0 Å². The maximum atomic E-state index is 11.5. The van der Waals surface area contributed by atoms with Gasteiger partial charge in [0.2, 0.25) is 0 Å². The first-order chi connectivity index (χ1) is 8.37. The number of rotatable bonds is 4. The minimum Gasteiger partial charge on any atom is -0.444 e. The van der Waals surface area contributed by atoms with Gasteiger partial charge in [0.05, 0.1) is 0 Å². The number of hydrogen-bond donors (Lipinski definition) is 3. The molecule has 0 aromatic carbocycles. The van der Waals surface area contributed by atoms with Crippen LogP contribution in [0.4, 0.5) is 4.79 Å². The Kier molecular flexibility index (Phi) is 5.88. The zero-order valence-electron chi connectivity index (χ0n) is 12.0. The minimum absolute atomic E-state index is 0.0785. The van der Waals surface area contributed by atoms with Crippen LogP contribution in [0.5, 0.6) is 0 Å². The third-order valence-electron chi connectivity index (χ3n) is 2.81. The highest BCUT2D eigenvalue weighted by molar-refractivity contribution is 5.68. The van der Waals surface area contributed by atoms with Crippen molar-refractivity contribution in [3.05, 3.63) is 0 Å². The molecule has 1 aliphatic heterocycles. The first kappa shape index (κ1) is 15.2. The second kappa shape index (κ2) is 6.95. The van der Waals surface area contributed by atoms with Crippen LogP contribution in [0.2, 0.25) is 0 Å². The average molecular weight is 257 g/mol. The Morgan fingerprint density at radius 2 is 2.00 bits per heavy atom. The van der Waals surface area contributed by atoms with Crippen LogP contribution in [-0.4, -0.2) is 43.4 Å². The van der Waals surface area contributed by atoms with Gasteiger partial charge in [0, 0.05) is 18.6 Å². The number of amides is 1. The molecule has 0 aliphatic carbocycles. The molecule has 0 spiro atoms. The zero-order valence-corrected chi connectivity index (χ0v) is 12.0. The first-order valence-corrected chi connectivity index (χ1v) is 6.80. The summed E-state index contributed by atoms with van der Waals surface area (Å²) in [5.74, 6) is 0. The fourth-order valence-electron chi connectivity index (χ4n) is 1.93. The van der Waals surface area contributed by atoms with E-state index in [0.29, 0.717) is 6.04 Å². The molecule has 3 N–H and O–H groups in total. The van der Waals surface area contributed by atoms with E-state index in [1.165, 1.54) is 0 Å². The van der Waals surface area contributed by atoms with Crippen LogP contribution in [0, 0.1) is 0 Å². The van der Waals surface area contributed by atoms with Crippen LogP contribution < -0.4 is 16.0 Å². The Morgan fingerprint density at radius 3 is 2.56 bits per heavy atom. The van der Waals surface area contributed by atoms with E-state index in [1.54, 1.807) is 0 Å². The van der Waals surface area contributed by atoms with Gasteiger partial charge in [-0.2, -0.15) is 0 Å². The lowest BCUT2D eigenvalue weighted by molar-refractivity contribution is 0.0507. The van der Waals surface area contributed by atoms with E-state index in [-0.39, 0.29) is 12.1 Å². The number of piperidine rings is 1. The van der Waals surface area contributed by atoms with Gasteiger partial charge in [-0.1, -0.05) is 0 Å². The highest BCUT2D eigenvalue weighted by atomic mass is 16.6. The fourth-order valence-corrected chi connectivity index (χ4v) is 1.93. The van der Waals surface area contributed by atoms with E-state index in [0.717, 1.165) is 32.5 Å². The third kappa shape index (κ3) is 6.81. The summed E-state index contributed by atoms with van der Waals surface area (Å²) in [6, 6.07) is 0.642. The summed E-state index contributed by atoms with van der Waals surface area (Å²) in [4.78, 5) is 11.5. The number of carbonyl (C=O) groups excluding carboxylic acids is 1. The number of hydrogen-bond acceptors (Lipinski definition) is 4. The molecule has 0 bridgehead atoms. The second-order valence-corrected chi connectivity index (χ2v) is 5.98. The van der Waals surface area contributed by atoms with Gasteiger partial charge in [-0.3, -0.25) is 0 Å². The monoisotopic (exact) mass is 257 g/mol. The lowest BCUT2D eigenvalue weighted by Gasteiger charge is -2.26. The molecule has 1 amide bonds. The molecule has 0 aromatic heterocycles. The first-order valence-electron chi connectivity index (χ1n) is 6.80. The summed E-state index contributed by atoms with van der Waals surface area (Å²) >= 11 is 0. The lowest BCUT2D eigenvalue weighted by atomic mass is 10.1. The molecule has 18 heavy (non-hydrogen) atoms. The summed E-state index contributed by atoms with van der Waals surface area (Å²) in [6.45, 7) is 10.5. The van der Waals surface area contributed by atoms with Crippen molar-refractivity contribution in [2.45, 2.75) is 58.2 Å². The minimum atomic E-state index is -0.438. The van der Waals surface area contributed by atoms with Gasteiger partial charge in [-0.25, -0.2) is 4.79 Å². The molecule has 1 atom stereocenters. The molecule has 1 heterocycles. The van der Waals surface area contributed by atoms with E-state index >= 15 is 0 Å². The van der Waals surface area contributed by atoms with Crippen LogP contribution in [-0.2, 0) is 4.74 Å². The van der Waals surface area contributed by atoms with Crippen LogP contribution in [0.1, 0.15) is 40.5 Å². The molecule has 106 valence electrons. The van der Waals surface area contributed by atoms with E-state index in [4.69, 9.17) is 4.74 Å². The maximum absolute atomic E-state index is 11.5. The molecule has 0 radical (unpaired) electrons. The Balaban J connectivity index is 2.16. The van der Waals surface area contributed by atoms with E-state index < -0.39 is 5.60 Å². The van der Waals surface area contributed by atoms with Gasteiger partial charge in [-0.15, -0.1) is 0 Å². The number of ether oxygens (including phenoxy) is 1. The third-order valence-corrected chi connectivity index (χ3v) is 2.81. The predicted octanol–water partition coefficient (Wildman–Crippen LogP) is 1.24. The molecular weight excluding hydrogens is 230 g/mol. The molecular formula is C13H27N3O2. The Bertz CT molecular complexity index is 257. The Labute approximate surface area is 110 Å². The largest absolute Gasteiger partial charge is 0.444 e. The van der Waals surface area contributed by atoms with Crippen molar-refractivity contribution in [3.8, 4) is 0 Å². The van der Waals surface area contributed by atoms with Gasteiger partial charge >= 0.3 is 6.09 Å². The summed E-state index contributed by atoms with van der Waals surface area (Å²) in [7, 11) is 0. The molecule has 1 rings (SSSR count). The van der Waals surface area contributed by atoms with Crippen molar-refractivity contribution in [1.82, 2.24) is 16.0 Å². The molecule has 5 heteroatoms. The van der Waals surface area contributed by atoms with Crippen molar-refractivity contribution in [3.63, 3.8) is 0 Å². The maximum Gasteiger partial charge on any atom is 0.407 e. The van der Waals surface area contributed by atoms with Gasteiger partial charge in [0.1, 0.15) is 5.60 Å². The van der Waals surface area contributed by atoms with Crippen LogP contribution in [0.25, 0.3) is 0 Å². The highest BCUT2D eigenvalue weighted by Gasteiger charge is 2.18. The SMILES string of the molecule is CC(CNC1CCNCC1)NC(=O)OC(C)(C)C. The molecule has 1 unspecified atom stereocenters. The number of nitrogens with one attached hydrogen (secondary N) is 3. The molecule has 0 saturated carbocycles.